The van der Waals surface area contributed by atoms with Gasteiger partial charge in [-0.2, -0.15) is 9.78 Å². The summed E-state index contributed by atoms with van der Waals surface area (Å²) in [5.74, 6) is 0.134. The van der Waals surface area contributed by atoms with Crippen molar-refractivity contribution >= 4 is 22.8 Å². The van der Waals surface area contributed by atoms with Gasteiger partial charge in [0, 0.05) is 23.3 Å². The molecule has 3 aliphatic rings. The summed E-state index contributed by atoms with van der Waals surface area (Å²) in [7, 11) is 1.45. The maximum absolute atomic E-state index is 12.9. The van der Waals surface area contributed by atoms with Gasteiger partial charge in [-0.15, -0.1) is 0 Å². The predicted octanol–water partition coefficient (Wildman–Crippen LogP) is 3.12. The van der Waals surface area contributed by atoms with E-state index in [1.54, 1.807) is 17.1 Å². The molecule has 6 rings (SSSR count). The van der Waals surface area contributed by atoms with Crippen molar-refractivity contribution in [1.29, 1.82) is 0 Å². The fourth-order valence-corrected chi connectivity index (χ4v) is 5.13. The lowest BCUT2D eigenvalue weighted by molar-refractivity contribution is -0.160. The highest BCUT2D eigenvalue weighted by molar-refractivity contribution is 5.94. The van der Waals surface area contributed by atoms with E-state index in [2.05, 4.69) is 20.4 Å². The lowest BCUT2D eigenvalue weighted by atomic mass is 9.57. The lowest BCUT2D eigenvalue weighted by Gasteiger charge is -2.51. The van der Waals surface area contributed by atoms with E-state index in [-0.39, 0.29) is 22.8 Å². The van der Waals surface area contributed by atoms with Crippen molar-refractivity contribution in [1.82, 2.24) is 25.1 Å². The highest BCUT2D eigenvalue weighted by atomic mass is 16.5. The van der Waals surface area contributed by atoms with Gasteiger partial charge in [0.25, 0.3) is 11.9 Å². The maximum atomic E-state index is 12.9. The second-order valence-electron chi connectivity index (χ2n) is 8.79. The molecule has 0 unspecified atom stereocenters. The first-order chi connectivity index (χ1) is 15.0. The van der Waals surface area contributed by atoms with Crippen LogP contribution in [-0.4, -0.2) is 44.3 Å². The Morgan fingerprint density at radius 1 is 1.03 bits per heavy atom. The van der Waals surface area contributed by atoms with Gasteiger partial charge in [0.2, 0.25) is 0 Å². The fraction of sp³-hybridized carbons (Fsp3) is 0.435. The summed E-state index contributed by atoms with van der Waals surface area (Å²) < 4.78 is 6.71. The third-order valence-electron chi connectivity index (χ3n) is 7.11. The van der Waals surface area contributed by atoms with Crippen LogP contribution in [0.4, 0.5) is 0 Å². The minimum Gasteiger partial charge on any atom is -0.469 e. The van der Waals surface area contributed by atoms with Crippen LogP contribution in [0.3, 0.4) is 0 Å². The number of fused-ring (bicyclic) bond motifs is 4. The molecule has 3 aliphatic carbocycles. The molecule has 2 aromatic heterocycles. The molecule has 1 amide bonds. The molecule has 0 spiro atoms. The van der Waals surface area contributed by atoms with Crippen molar-refractivity contribution in [2.75, 3.05) is 7.11 Å². The minimum atomic E-state index is -0.364. The summed E-state index contributed by atoms with van der Waals surface area (Å²) in [5, 5.41) is 8.79. The number of aromatic nitrogens is 4. The molecule has 3 saturated carbocycles. The number of benzene rings is 1. The number of esters is 1. The zero-order valence-corrected chi connectivity index (χ0v) is 17.7. The molecule has 0 radical (unpaired) electrons. The number of carbonyl (C=O) groups excluding carboxylic acids is 2. The summed E-state index contributed by atoms with van der Waals surface area (Å²) >= 11 is 0. The molecule has 2 bridgehead atoms. The molecule has 2 heterocycles. The summed E-state index contributed by atoms with van der Waals surface area (Å²) in [6.07, 6.45) is 7.69. The number of carbonyl (C=O) groups is 2. The van der Waals surface area contributed by atoms with Gasteiger partial charge in [-0.05, 0) is 51.5 Å². The van der Waals surface area contributed by atoms with Crippen LogP contribution in [0.1, 0.15) is 54.6 Å². The van der Waals surface area contributed by atoms with Gasteiger partial charge >= 0.3 is 5.97 Å². The minimum absolute atomic E-state index is 0.113. The van der Waals surface area contributed by atoms with Crippen molar-refractivity contribution in [2.45, 2.75) is 51.0 Å². The van der Waals surface area contributed by atoms with Crippen LogP contribution >= 0.6 is 0 Å². The maximum Gasteiger partial charge on any atom is 0.311 e. The molecule has 0 saturated heterocycles. The molecular formula is C23H25N5O3. The molecular weight excluding hydrogens is 394 g/mol. The Hall–Kier alpha value is -3.29. The number of rotatable bonds is 4. The lowest BCUT2D eigenvalue weighted by Crippen LogP contribution is -2.58. The van der Waals surface area contributed by atoms with Crippen LogP contribution in [0.2, 0.25) is 0 Å². The second-order valence-corrected chi connectivity index (χ2v) is 8.79. The Morgan fingerprint density at radius 2 is 1.68 bits per heavy atom. The molecule has 1 N–H and O–H groups in total. The number of ether oxygens (including phenoxy) is 1. The zero-order chi connectivity index (χ0) is 21.6. The van der Waals surface area contributed by atoms with Crippen LogP contribution < -0.4 is 5.32 Å². The Bertz CT molecular complexity index is 1140. The normalized spacial score (nSPS) is 24.8. The average Bonchev–Trinajstić information content (AvgIpc) is 3.16. The summed E-state index contributed by atoms with van der Waals surface area (Å²) in [5.41, 5.74) is 1.62. The van der Waals surface area contributed by atoms with Gasteiger partial charge in [0.1, 0.15) is 0 Å². The van der Waals surface area contributed by atoms with E-state index in [1.807, 2.05) is 31.2 Å². The van der Waals surface area contributed by atoms with Crippen molar-refractivity contribution in [2.24, 2.45) is 5.41 Å². The highest BCUT2D eigenvalue weighted by Gasteiger charge is 2.53. The van der Waals surface area contributed by atoms with Gasteiger partial charge in [-0.25, -0.2) is 9.97 Å². The molecule has 3 fully saturated rings. The van der Waals surface area contributed by atoms with E-state index in [0.29, 0.717) is 11.5 Å². The Balaban J connectivity index is 1.32. The van der Waals surface area contributed by atoms with E-state index in [0.717, 1.165) is 55.1 Å². The van der Waals surface area contributed by atoms with Crippen molar-refractivity contribution in [3.8, 4) is 5.95 Å². The molecule has 8 nitrogen and oxygen atoms in total. The molecule has 0 atom stereocenters. The number of amides is 1. The smallest absolute Gasteiger partial charge is 0.311 e. The van der Waals surface area contributed by atoms with Crippen LogP contribution in [0.25, 0.3) is 16.9 Å². The summed E-state index contributed by atoms with van der Waals surface area (Å²) in [4.78, 5) is 33.9. The van der Waals surface area contributed by atoms with Gasteiger partial charge in [-0.3, -0.25) is 9.59 Å². The predicted molar refractivity (Wildman–Crippen MR) is 114 cm³/mol. The van der Waals surface area contributed by atoms with Crippen LogP contribution in [0.15, 0.2) is 36.7 Å². The third-order valence-corrected chi connectivity index (χ3v) is 7.11. The Labute approximate surface area is 180 Å². The van der Waals surface area contributed by atoms with E-state index < -0.39 is 0 Å². The number of aryl methyl sites for hydroxylation is 1. The largest absolute Gasteiger partial charge is 0.469 e. The standard InChI is InChI=1S/C23H25N5O3/c1-15-17-5-3-4-6-18(17)28(27-15)21-24-13-16(14-25-21)19(29)26-23-10-7-22(8-11-23,9-12-23)20(30)31-2/h3-6,13-14H,7-12H2,1-2H3,(H,26,29). The Kier molecular flexibility index (Phi) is 4.53. The number of nitrogens with one attached hydrogen (secondary N) is 1. The Morgan fingerprint density at radius 3 is 2.32 bits per heavy atom. The molecule has 8 heteroatoms. The second kappa shape index (κ2) is 7.14. The molecule has 160 valence electrons. The van der Waals surface area contributed by atoms with Gasteiger partial charge < -0.3 is 10.1 Å². The summed E-state index contributed by atoms with van der Waals surface area (Å²) in [6.45, 7) is 1.95. The van der Waals surface area contributed by atoms with E-state index in [9.17, 15) is 9.59 Å². The monoisotopic (exact) mass is 419 g/mol. The van der Waals surface area contributed by atoms with E-state index >= 15 is 0 Å². The van der Waals surface area contributed by atoms with Crippen molar-refractivity contribution in [3.63, 3.8) is 0 Å². The van der Waals surface area contributed by atoms with Crippen LogP contribution in [0.5, 0.6) is 0 Å². The number of methoxy groups -OCH3 is 1. The third kappa shape index (κ3) is 3.17. The SMILES string of the molecule is COC(=O)C12CCC(NC(=O)c3cnc(-n4nc(C)c5ccccc54)nc3)(CC1)CC2. The van der Waals surface area contributed by atoms with Gasteiger partial charge in [-0.1, -0.05) is 18.2 Å². The molecule has 3 aromatic rings. The van der Waals surface area contributed by atoms with E-state index in [4.69, 9.17) is 4.74 Å². The quantitative estimate of drug-likeness (QED) is 0.653. The number of nitrogens with zero attached hydrogens (tertiary/aromatic N) is 4. The number of para-hydroxylation sites is 1. The highest BCUT2D eigenvalue weighted by Crippen LogP contribution is 2.52. The van der Waals surface area contributed by atoms with Crippen LogP contribution in [0, 0.1) is 12.3 Å². The first-order valence-corrected chi connectivity index (χ1v) is 10.6. The van der Waals surface area contributed by atoms with Crippen molar-refractivity contribution in [3.05, 3.63) is 47.9 Å². The molecule has 31 heavy (non-hydrogen) atoms. The van der Waals surface area contributed by atoms with Gasteiger partial charge in [0.15, 0.2) is 0 Å². The van der Waals surface area contributed by atoms with Crippen molar-refractivity contribution < 1.29 is 14.3 Å². The number of hydrogen-bond donors (Lipinski definition) is 1. The zero-order valence-electron chi connectivity index (χ0n) is 17.7. The summed E-state index contributed by atoms with van der Waals surface area (Å²) in [6, 6.07) is 7.91. The first-order valence-electron chi connectivity index (χ1n) is 10.6. The van der Waals surface area contributed by atoms with E-state index in [1.165, 1.54) is 7.11 Å². The molecule has 0 aliphatic heterocycles. The average molecular weight is 419 g/mol. The van der Waals surface area contributed by atoms with Gasteiger partial charge in [0.05, 0.1) is 29.3 Å². The van der Waals surface area contributed by atoms with Crippen LogP contribution in [-0.2, 0) is 9.53 Å². The molecule has 1 aromatic carbocycles. The topological polar surface area (TPSA) is 99.0 Å². The number of hydrogen-bond acceptors (Lipinski definition) is 6. The first kappa shape index (κ1) is 19.7. The fourth-order valence-electron chi connectivity index (χ4n) is 5.13.